The summed E-state index contributed by atoms with van der Waals surface area (Å²) in [5, 5.41) is 0.145. The Hall–Kier alpha value is -0.673. The summed E-state index contributed by atoms with van der Waals surface area (Å²) >= 11 is 0. The summed E-state index contributed by atoms with van der Waals surface area (Å²) in [6.07, 6.45) is 3.17. The Morgan fingerprint density at radius 1 is 1.38 bits per heavy atom. The Balaban J connectivity index is 3.10. The first-order valence-electron chi connectivity index (χ1n) is 7.85. The normalized spacial score (nSPS) is 30.2. The monoisotopic (exact) mass is 308 g/mol. The molecule has 1 aliphatic rings. The van der Waals surface area contributed by atoms with Gasteiger partial charge in [-0.15, -0.1) is 0 Å². The Morgan fingerprint density at radius 3 is 2.29 bits per heavy atom. The van der Waals surface area contributed by atoms with Gasteiger partial charge in [-0.2, -0.15) is 0 Å². The molecule has 1 aliphatic carbocycles. The van der Waals surface area contributed by atoms with E-state index in [0.29, 0.717) is 5.92 Å². The molecule has 0 saturated heterocycles. The van der Waals surface area contributed by atoms with Crippen LogP contribution in [0.15, 0.2) is 24.8 Å². The standard InChI is InChI=1S/C18H32O2Si/c1-10-15(19)18(7)12-14(13(2)3)11-16(18)20-21(8,9)17(4,5)6/h10,14,16H,1-2,11-12H2,3-9H3/t14-,16+,18-/m1/s1. The van der Waals surface area contributed by atoms with Crippen LogP contribution in [-0.2, 0) is 9.22 Å². The maximum Gasteiger partial charge on any atom is 0.192 e. The number of hydrogen-bond acceptors (Lipinski definition) is 2. The van der Waals surface area contributed by atoms with Crippen molar-refractivity contribution in [3.8, 4) is 0 Å². The van der Waals surface area contributed by atoms with Crippen molar-refractivity contribution >= 4 is 14.1 Å². The molecule has 0 aromatic rings. The van der Waals surface area contributed by atoms with Crippen molar-refractivity contribution in [3.05, 3.63) is 24.8 Å². The maximum atomic E-state index is 12.4. The average molecular weight is 309 g/mol. The number of ketones is 1. The molecule has 0 aliphatic heterocycles. The van der Waals surface area contributed by atoms with E-state index in [2.05, 4.69) is 53.9 Å². The highest BCUT2D eigenvalue weighted by atomic mass is 28.4. The largest absolute Gasteiger partial charge is 0.413 e. The molecule has 1 fully saturated rings. The maximum absolute atomic E-state index is 12.4. The van der Waals surface area contributed by atoms with Crippen LogP contribution in [0.2, 0.25) is 18.1 Å². The fourth-order valence-electron chi connectivity index (χ4n) is 2.82. The molecule has 2 nitrogen and oxygen atoms in total. The van der Waals surface area contributed by atoms with E-state index in [-0.39, 0.29) is 16.9 Å². The van der Waals surface area contributed by atoms with Crippen molar-refractivity contribution in [1.82, 2.24) is 0 Å². The van der Waals surface area contributed by atoms with Gasteiger partial charge in [-0.3, -0.25) is 4.79 Å². The lowest BCUT2D eigenvalue weighted by atomic mass is 9.81. The molecular formula is C18H32O2Si. The fraction of sp³-hybridized carbons (Fsp3) is 0.722. The highest BCUT2D eigenvalue weighted by Gasteiger charge is 2.52. The van der Waals surface area contributed by atoms with E-state index in [1.807, 2.05) is 6.92 Å². The third-order valence-electron chi connectivity index (χ3n) is 5.57. The van der Waals surface area contributed by atoms with Gasteiger partial charge in [-0.1, -0.05) is 39.5 Å². The number of hydrogen-bond donors (Lipinski definition) is 0. The van der Waals surface area contributed by atoms with Crippen molar-refractivity contribution < 1.29 is 9.22 Å². The van der Waals surface area contributed by atoms with Crippen molar-refractivity contribution in [1.29, 1.82) is 0 Å². The second kappa shape index (κ2) is 5.84. The first-order chi connectivity index (χ1) is 9.35. The summed E-state index contributed by atoms with van der Waals surface area (Å²) in [7, 11) is -1.90. The topological polar surface area (TPSA) is 26.3 Å². The van der Waals surface area contributed by atoms with Gasteiger partial charge in [-0.05, 0) is 56.8 Å². The molecular weight excluding hydrogens is 276 g/mol. The summed E-state index contributed by atoms with van der Waals surface area (Å²) in [4.78, 5) is 12.4. The zero-order valence-corrected chi connectivity index (χ0v) is 15.9. The van der Waals surface area contributed by atoms with E-state index in [1.165, 1.54) is 6.08 Å². The molecule has 120 valence electrons. The Bertz CT molecular complexity index is 445. The summed E-state index contributed by atoms with van der Waals surface area (Å²) in [6.45, 7) is 23.1. The van der Waals surface area contributed by atoms with Crippen LogP contribution >= 0.6 is 0 Å². The van der Waals surface area contributed by atoms with E-state index in [0.717, 1.165) is 18.4 Å². The predicted octanol–water partition coefficient (Wildman–Crippen LogP) is 5.12. The Kier molecular flexibility index (Phi) is 5.11. The van der Waals surface area contributed by atoms with Crippen LogP contribution in [0, 0.1) is 11.3 Å². The molecule has 1 saturated carbocycles. The highest BCUT2D eigenvalue weighted by molar-refractivity contribution is 6.74. The summed E-state index contributed by atoms with van der Waals surface area (Å²) in [5.41, 5.74) is 0.695. The first-order valence-corrected chi connectivity index (χ1v) is 10.8. The van der Waals surface area contributed by atoms with Gasteiger partial charge >= 0.3 is 0 Å². The van der Waals surface area contributed by atoms with Crippen molar-refractivity contribution in [2.45, 2.75) is 71.7 Å². The van der Waals surface area contributed by atoms with Crippen LogP contribution in [0.1, 0.15) is 47.5 Å². The molecule has 0 N–H and O–H groups in total. The smallest absolute Gasteiger partial charge is 0.192 e. The van der Waals surface area contributed by atoms with Crippen LogP contribution in [0.4, 0.5) is 0 Å². The summed E-state index contributed by atoms with van der Waals surface area (Å²) in [5.74, 6) is 0.476. The molecule has 0 unspecified atom stereocenters. The van der Waals surface area contributed by atoms with Crippen molar-refractivity contribution in [2.75, 3.05) is 0 Å². The number of rotatable bonds is 5. The van der Waals surface area contributed by atoms with Crippen LogP contribution in [-0.4, -0.2) is 20.2 Å². The molecule has 0 spiro atoms. The second-order valence-electron chi connectivity index (χ2n) is 8.34. The minimum Gasteiger partial charge on any atom is -0.413 e. The molecule has 3 atom stereocenters. The molecule has 0 aromatic heterocycles. The van der Waals surface area contributed by atoms with Gasteiger partial charge in [0.05, 0.1) is 11.5 Å². The van der Waals surface area contributed by atoms with E-state index in [9.17, 15) is 4.79 Å². The average Bonchev–Trinajstić information content (AvgIpc) is 2.65. The molecule has 1 rings (SSSR count). The van der Waals surface area contributed by atoms with Crippen molar-refractivity contribution in [2.24, 2.45) is 11.3 Å². The molecule has 3 heteroatoms. The lowest BCUT2D eigenvalue weighted by molar-refractivity contribution is -0.126. The zero-order valence-electron chi connectivity index (χ0n) is 14.9. The quantitative estimate of drug-likeness (QED) is 0.400. The predicted molar refractivity (Wildman–Crippen MR) is 92.9 cm³/mol. The van der Waals surface area contributed by atoms with Gasteiger partial charge in [0.2, 0.25) is 0 Å². The Labute approximate surface area is 131 Å². The van der Waals surface area contributed by atoms with Crippen LogP contribution in [0.5, 0.6) is 0 Å². The van der Waals surface area contributed by atoms with Gasteiger partial charge in [0.1, 0.15) is 0 Å². The molecule has 21 heavy (non-hydrogen) atoms. The van der Waals surface area contributed by atoms with Gasteiger partial charge in [0.15, 0.2) is 14.1 Å². The fourth-order valence-corrected chi connectivity index (χ4v) is 4.24. The lowest BCUT2D eigenvalue weighted by Gasteiger charge is -2.42. The van der Waals surface area contributed by atoms with Crippen LogP contribution in [0.25, 0.3) is 0 Å². The zero-order chi connectivity index (χ0) is 16.6. The van der Waals surface area contributed by atoms with Crippen LogP contribution < -0.4 is 0 Å². The SMILES string of the molecule is C=CC(=O)[C@@]1(C)C[C@H](C(=C)C)C[C@@H]1O[Si](C)(C)C(C)(C)C. The first kappa shape index (κ1) is 18.4. The van der Waals surface area contributed by atoms with Crippen LogP contribution in [0.3, 0.4) is 0 Å². The lowest BCUT2D eigenvalue weighted by Crippen LogP contribution is -2.48. The van der Waals surface area contributed by atoms with Gasteiger partial charge < -0.3 is 4.43 Å². The molecule has 0 heterocycles. The van der Waals surface area contributed by atoms with Gasteiger partial charge in [-0.25, -0.2) is 0 Å². The Morgan fingerprint density at radius 2 is 1.90 bits per heavy atom. The van der Waals surface area contributed by atoms with Crippen molar-refractivity contribution in [3.63, 3.8) is 0 Å². The minimum atomic E-state index is -1.90. The van der Waals surface area contributed by atoms with E-state index < -0.39 is 13.7 Å². The van der Waals surface area contributed by atoms with E-state index >= 15 is 0 Å². The second-order valence-corrected chi connectivity index (χ2v) is 13.1. The number of carbonyl (C=O) groups excluding carboxylic acids is 1. The summed E-state index contributed by atoms with van der Waals surface area (Å²) in [6, 6.07) is 0. The minimum absolute atomic E-state index is 0.0226. The van der Waals surface area contributed by atoms with E-state index in [1.54, 1.807) is 0 Å². The third kappa shape index (κ3) is 3.57. The highest BCUT2D eigenvalue weighted by Crippen LogP contribution is 2.49. The molecule has 0 bridgehead atoms. The van der Waals surface area contributed by atoms with Gasteiger partial charge in [0, 0.05) is 0 Å². The molecule has 0 radical (unpaired) electrons. The number of carbonyl (C=O) groups is 1. The number of allylic oxidation sites excluding steroid dienone is 2. The molecule has 0 aromatic carbocycles. The van der Waals surface area contributed by atoms with Gasteiger partial charge in [0.25, 0.3) is 0 Å². The molecule has 0 amide bonds. The summed E-state index contributed by atoms with van der Waals surface area (Å²) < 4.78 is 6.61. The third-order valence-corrected chi connectivity index (χ3v) is 10.1. The van der Waals surface area contributed by atoms with E-state index in [4.69, 9.17) is 4.43 Å².